The second kappa shape index (κ2) is 8.94. The van der Waals surface area contributed by atoms with Crippen molar-refractivity contribution in [1.29, 1.82) is 0 Å². The lowest BCUT2D eigenvalue weighted by molar-refractivity contribution is 0.383. The molecule has 0 unspecified atom stereocenters. The standard InChI is InChI=1S/C21H22N4O2S2/c26-29(27,19-9-5-2-6-10-19)25-13-11-24(12-14-25)20-15-22-16-21(23-20)28-17-18-7-3-1-4-8-18/h1-10,15-16H,11-14,17H2. The van der Waals surface area contributed by atoms with Crippen molar-refractivity contribution >= 4 is 27.6 Å². The van der Waals surface area contributed by atoms with E-state index >= 15 is 0 Å². The van der Waals surface area contributed by atoms with Crippen molar-refractivity contribution in [2.75, 3.05) is 31.1 Å². The number of hydrogen-bond acceptors (Lipinski definition) is 6. The van der Waals surface area contributed by atoms with E-state index in [9.17, 15) is 8.42 Å². The topological polar surface area (TPSA) is 66.4 Å². The number of benzene rings is 2. The number of hydrogen-bond donors (Lipinski definition) is 0. The van der Waals surface area contributed by atoms with E-state index in [2.05, 4.69) is 22.0 Å². The molecule has 1 aromatic heterocycles. The van der Waals surface area contributed by atoms with E-state index in [1.807, 2.05) is 24.3 Å². The molecule has 0 saturated carbocycles. The maximum atomic E-state index is 12.8. The van der Waals surface area contributed by atoms with E-state index in [-0.39, 0.29) is 0 Å². The first kappa shape index (κ1) is 19.9. The van der Waals surface area contributed by atoms with Crippen molar-refractivity contribution in [1.82, 2.24) is 14.3 Å². The smallest absolute Gasteiger partial charge is 0.243 e. The third kappa shape index (κ3) is 4.77. The van der Waals surface area contributed by atoms with Gasteiger partial charge in [0.15, 0.2) is 0 Å². The molecule has 0 bridgehead atoms. The van der Waals surface area contributed by atoms with Gasteiger partial charge in [0, 0.05) is 31.9 Å². The Morgan fingerprint density at radius 1 is 0.862 bits per heavy atom. The van der Waals surface area contributed by atoms with E-state index < -0.39 is 10.0 Å². The number of sulfonamides is 1. The van der Waals surface area contributed by atoms with Gasteiger partial charge < -0.3 is 4.90 Å². The first-order valence-corrected chi connectivity index (χ1v) is 11.8. The summed E-state index contributed by atoms with van der Waals surface area (Å²) in [5.41, 5.74) is 1.24. The quantitative estimate of drug-likeness (QED) is 0.564. The van der Waals surface area contributed by atoms with Crippen molar-refractivity contribution in [2.45, 2.75) is 15.7 Å². The van der Waals surface area contributed by atoms with E-state index in [0.717, 1.165) is 16.6 Å². The molecular weight excluding hydrogens is 404 g/mol. The second-order valence-corrected chi connectivity index (χ2v) is 9.63. The molecule has 2 heterocycles. The zero-order valence-electron chi connectivity index (χ0n) is 15.9. The molecule has 1 saturated heterocycles. The van der Waals surface area contributed by atoms with Crippen LogP contribution in [0.1, 0.15) is 5.56 Å². The summed E-state index contributed by atoms with van der Waals surface area (Å²) in [6, 6.07) is 18.8. The van der Waals surface area contributed by atoms with Gasteiger partial charge in [0.2, 0.25) is 10.0 Å². The van der Waals surface area contributed by atoms with Crippen LogP contribution in [-0.4, -0.2) is 48.9 Å². The molecule has 0 radical (unpaired) electrons. The van der Waals surface area contributed by atoms with Crippen LogP contribution in [0.15, 0.2) is 83.0 Å². The van der Waals surface area contributed by atoms with Gasteiger partial charge in [-0.05, 0) is 17.7 Å². The van der Waals surface area contributed by atoms with Crippen LogP contribution in [0.2, 0.25) is 0 Å². The second-order valence-electron chi connectivity index (χ2n) is 6.69. The lowest BCUT2D eigenvalue weighted by atomic mass is 10.2. The summed E-state index contributed by atoms with van der Waals surface area (Å²) in [6.07, 6.45) is 3.52. The minimum Gasteiger partial charge on any atom is -0.353 e. The number of piperazine rings is 1. The Morgan fingerprint density at radius 3 is 2.21 bits per heavy atom. The summed E-state index contributed by atoms with van der Waals surface area (Å²) >= 11 is 1.65. The Kier molecular flexibility index (Phi) is 6.13. The van der Waals surface area contributed by atoms with Crippen molar-refractivity contribution in [3.8, 4) is 0 Å². The first-order chi connectivity index (χ1) is 14.1. The van der Waals surface area contributed by atoms with Gasteiger partial charge in [-0.1, -0.05) is 48.5 Å². The number of anilines is 1. The lowest BCUT2D eigenvalue weighted by Gasteiger charge is -2.34. The Labute approximate surface area is 175 Å². The van der Waals surface area contributed by atoms with Gasteiger partial charge in [-0.3, -0.25) is 4.98 Å². The molecule has 8 heteroatoms. The van der Waals surface area contributed by atoms with Gasteiger partial charge in [-0.15, -0.1) is 11.8 Å². The van der Waals surface area contributed by atoms with Crippen LogP contribution in [0.25, 0.3) is 0 Å². The fourth-order valence-electron chi connectivity index (χ4n) is 3.19. The summed E-state index contributed by atoms with van der Waals surface area (Å²) in [7, 11) is -3.45. The molecule has 150 valence electrons. The van der Waals surface area contributed by atoms with Gasteiger partial charge in [0.1, 0.15) is 10.8 Å². The average molecular weight is 427 g/mol. The largest absolute Gasteiger partial charge is 0.353 e. The maximum Gasteiger partial charge on any atom is 0.243 e. The predicted molar refractivity (Wildman–Crippen MR) is 115 cm³/mol. The minimum absolute atomic E-state index is 0.340. The van der Waals surface area contributed by atoms with Crippen LogP contribution < -0.4 is 4.90 Å². The zero-order valence-corrected chi connectivity index (χ0v) is 17.5. The Morgan fingerprint density at radius 2 is 1.52 bits per heavy atom. The van der Waals surface area contributed by atoms with Gasteiger partial charge in [-0.2, -0.15) is 4.31 Å². The third-order valence-corrected chi connectivity index (χ3v) is 7.66. The Bertz CT molecular complexity index is 1040. The third-order valence-electron chi connectivity index (χ3n) is 4.77. The Hall–Kier alpha value is -2.42. The van der Waals surface area contributed by atoms with Gasteiger partial charge in [0.05, 0.1) is 17.3 Å². The average Bonchev–Trinajstić information content (AvgIpc) is 2.79. The lowest BCUT2D eigenvalue weighted by Crippen LogP contribution is -2.49. The van der Waals surface area contributed by atoms with Crippen molar-refractivity contribution in [2.24, 2.45) is 0 Å². The van der Waals surface area contributed by atoms with Crippen LogP contribution in [0.3, 0.4) is 0 Å². The summed E-state index contributed by atoms with van der Waals surface area (Å²) in [5.74, 6) is 1.63. The highest BCUT2D eigenvalue weighted by Gasteiger charge is 2.28. The monoisotopic (exact) mass is 426 g/mol. The molecular formula is C21H22N4O2S2. The Balaban J connectivity index is 1.39. The SMILES string of the molecule is O=S(=O)(c1ccccc1)N1CCN(c2cncc(SCc3ccccc3)n2)CC1. The highest BCUT2D eigenvalue weighted by Crippen LogP contribution is 2.24. The van der Waals surface area contributed by atoms with Crippen molar-refractivity contribution in [3.05, 3.63) is 78.6 Å². The summed E-state index contributed by atoms with van der Waals surface area (Å²) in [5, 5.41) is 0.866. The zero-order chi connectivity index (χ0) is 20.1. The molecule has 2 aromatic carbocycles. The molecule has 1 aliphatic rings. The van der Waals surface area contributed by atoms with Gasteiger partial charge >= 0.3 is 0 Å². The highest BCUT2D eigenvalue weighted by atomic mass is 32.2. The summed E-state index contributed by atoms with van der Waals surface area (Å²) < 4.78 is 27.1. The number of nitrogens with zero attached hydrogens (tertiary/aromatic N) is 4. The first-order valence-electron chi connectivity index (χ1n) is 9.42. The maximum absolute atomic E-state index is 12.8. The summed E-state index contributed by atoms with van der Waals surface area (Å²) in [6.45, 7) is 2.04. The highest BCUT2D eigenvalue weighted by molar-refractivity contribution is 7.98. The van der Waals surface area contributed by atoms with Gasteiger partial charge in [-0.25, -0.2) is 13.4 Å². The van der Waals surface area contributed by atoms with E-state index in [0.29, 0.717) is 31.1 Å². The molecule has 29 heavy (non-hydrogen) atoms. The molecule has 1 fully saturated rings. The molecule has 0 spiro atoms. The van der Waals surface area contributed by atoms with Crippen LogP contribution in [0.5, 0.6) is 0 Å². The van der Waals surface area contributed by atoms with Crippen LogP contribution in [0.4, 0.5) is 5.82 Å². The van der Waals surface area contributed by atoms with Crippen LogP contribution >= 0.6 is 11.8 Å². The minimum atomic E-state index is -3.45. The fraction of sp³-hybridized carbons (Fsp3) is 0.238. The normalized spacial score (nSPS) is 15.4. The van der Waals surface area contributed by atoms with Crippen molar-refractivity contribution in [3.63, 3.8) is 0 Å². The molecule has 3 aromatic rings. The molecule has 6 nitrogen and oxygen atoms in total. The number of rotatable bonds is 6. The molecule has 0 amide bonds. The van der Waals surface area contributed by atoms with Crippen LogP contribution in [0, 0.1) is 0 Å². The summed E-state index contributed by atoms with van der Waals surface area (Å²) in [4.78, 5) is 11.5. The molecule has 0 atom stereocenters. The molecule has 1 aliphatic heterocycles. The molecule has 4 rings (SSSR count). The fourth-order valence-corrected chi connectivity index (χ4v) is 5.43. The number of thioether (sulfide) groups is 1. The van der Waals surface area contributed by atoms with E-state index in [1.54, 1.807) is 52.7 Å². The molecule has 0 N–H and O–H groups in total. The van der Waals surface area contributed by atoms with Crippen molar-refractivity contribution < 1.29 is 8.42 Å². The van der Waals surface area contributed by atoms with Gasteiger partial charge in [0.25, 0.3) is 0 Å². The van der Waals surface area contributed by atoms with Crippen LogP contribution in [-0.2, 0) is 15.8 Å². The molecule has 0 aliphatic carbocycles. The predicted octanol–water partition coefficient (Wildman–Crippen LogP) is 3.28. The van der Waals surface area contributed by atoms with E-state index in [4.69, 9.17) is 4.98 Å². The number of aromatic nitrogens is 2. The van der Waals surface area contributed by atoms with E-state index in [1.165, 1.54) is 5.56 Å².